The van der Waals surface area contributed by atoms with Gasteiger partial charge in [-0.25, -0.2) is 4.98 Å². The molecule has 2 aliphatic rings. The van der Waals surface area contributed by atoms with Crippen LogP contribution >= 0.6 is 0 Å². The lowest BCUT2D eigenvalue weighted by Crippen LogP contribution is -2.52. The van der Waals surface area contributed by atoms with E-state index in [1.165, 1.54) is 23.0 Å². The van der Waals surface area contributed by atoms with Gasteiger partial charge < -0.3 is 15.2 Å². The molecule has 3 heterocycles. The molecule has 6 nitrogen and oxygen atoms in total. The number of pyridine rings is 1. The molecule has 1 saturated heterocycles. The number of H-pyrrole nitrogens is 1. The number of anilines is 2. The van der Waals surface area contributed by atoms with E-state index in [-0.39, 0.29) is 11.8 Å². The number of aromatic nitrogens is 2. The van der Waals surface area contributed by atoms with Crippen LogP contribution in [-0.4, -0.2) is 48.1 Å². The molecule has 1 atom stereocenters. The van der Waals surface area contributed by atoms with Crippen LogP contribution in [0.15, 0.2) is 54.9 Å². The van der Waals surface area contributed by atoms with Crippen molar-refractivity contribution in [2.24, 2.45) is 5.92 Å². The van der Waals surface area contributed by atoms with Gasteiger partial charge in [-0.1, -0.05) is 31.4 Å². The molecule has 1 saturated carbocycles. The number of rotatable bonds is 6. The number of carbonyl (C=O) groups excluding carboxylic acids is 1. The number of amides is 1. The zero-order chi connectivity index (χ0) is 21.8. The molecule has 5 rings (SSSR count). The average Bonchev–Trinajstić information content (AvgIpc) is 3.35. The van der Waals surface area contributed by atoms with Crippen molar-refractivity contribution < 1.29 is 4.79 Å². The van der Waals surface area contributed by atoms with Gasteiger partial charge in [-0.2, -0.15) is 0 Å². The van der Waals surface area contributed by atoms with E-state index >= 15 is 0 Å². The van der Waals surface area contributed by atoms with E-state index in [4.69, 9.17) is 0 Å². The second kappa shape index (κ2) is 9.74. The third-order valence-electron chi connectivity index (χ3n) is 7.02. The van der Waals surface area contributed by atoms with Gasteiger partial charge in [0, 0.05) is 67.1 Å². The van der Waals surface area contributed by atoms with Gasteiger partial charge in [0.15, 0.2) is 0 Å². The Bertz CT molecular complexity index is 1030. The van der Waals surface area contributed by atoms with Crippen LogP contribution in [0.5, 0.6) is 0 Å². The van der Waals surface area contributed by atoms with Crippen molar-refractivity contribution in [2.45, 2.75) is 44.6 Å². The Labute approximate surface area is 190 Å². The molecular formula is C26H33N5O. The summed E-state index contributed by atoms with van der Waals surface area (Å²) in [6, 6.07) is 14.8. The normalized spacial score (nSPS) is 19.9. The maximum Gasteiger partial charge on any atom is 0.231 e. The van der Waals surface area contributed by atoms with Crippen LogP contribution < -0.4 is 15.1 Å². The van der Waals surface area contributed by atoms with Gasteiger partial charge in [0.1, 0.15) is 5.82 Å². The highest BCUT2D eigenvalue weighted by Crippen LogP contribution is 2.29. The lowest BCUT2D eigenvalue weighted by Gasteiger charge is -2.37. The van der Waals surface area contributed by atoms with Crippen LogP contribution in [0.1, 0.15) is 38.5 Å². The van der Waals surface area contributed by atoms with Crippen LogP contribution in [-0.2, 0) is 4.79 Å². The smallest absolute Gasteiger partial charge is 0.231 e. The molecule has 0 spiro atoms. The molecule has 2 aromatic heterocycles. The highest BCUT2D eigenvalue weighted by atomic mass is 16.2. The number of piperazine rings is 1. The SMILES string of the molecule is O=C(C1CCCCC1)N(CCC1CN(c2cccc3[nH]ccc23)CCN1)c1ccccn1. The fourth-order valence-electron chi connectivity index (χ4n) is 5.29. The Morgan fingerprint density at radius 1 is 1.09 bits per heavy atom. The first kappa shape index (κ1) is 21.0. The summed E-state index contributed by atoms with van der Waals surface area (Å²) >= 11 is 0. The van der Waals surface area contributed by atoms with Crippen molar-refractivity contribution in [3.8, 4) is 0 Å². The molecule has 1 aliphatic carbocycles. The molecule has 32 heavy (non-hydrogen) atoms. The predicted octanol–water partition coefficient (Wildman–Crippen LogP) is 4.34. The van der Waals surface area contributed by atoms with E-state index in [0.717, 1.165) is 57.6 Å². The van der Waals surface area contributed by atoms with E-state index in [2.05, 4.69) is 44.5 Å². The summed E-state index contributed by atoms with van der Waals surface area (Å²) in [6.45, 7) is 3.58. The Kier molecular flexibility index (Phi) is 6.39. The van der Waals surface area contributed by atoms with Crippen molar-refractivity contribution in [3.63, 3.8) is 0 Å². The first-order valence-corrected chi connectivity index (χ1v) is 12.1. The van der Waals surface area contributed by atoms with Crippen LogP contribution in [0.4, 0.5) is 11.5 Å². The summed E-state index contributed by atoms with van der Waals surface area (Å²) in [5.74, 6) is 1.19. The number of carbonyl (C=O) groups is 1. The number of hydrogen-bond acceptors (Lipinski definition) is 4. The lowest BCUT2D eigenvalue weighted by atomic mass is 9.88. The van der Waals surface area contributed by atoms with E-state index in [9.17, 15) is 4.79 Å². The second-order valence-electron chi connectivity index (χ2n) is 9.11. The minimum atomic E-state index is 0.146. The molecule has 3 aromatic rings. The lowest BCUT2D eigenvalue weighted by molar-refractivity contribution is -0.123. The summed E-state index contributed by atoms with van der Waals surface area (Å²) < 4.78 is 0. The number of aromatic amines is 1. The Hall–Kier alpha value is -2.86. The van der Waals surface area contributed by atoms with Crippen LogP contribution in [0.2, 0.25) is 0 Å². The Morgan fingerprint density at radius 3 is 2.84 bits per heavy atom. The second-order valence-corrected chi connectivity index (χ2v) is 9.11. The molecular weight excluding hydrogens is 398 g/mol. The fraction of sp³-hybridized carbons (Fsp3) is 0.462. The molecule has 1 amide bonds. The summed E-state index contributed by atoms with van der Waals surface area (Å²) in [5, 5.41) is 4.95. The topological polar surface area (TPSA) is 64.3 Å². The summed E-state index contributed by atoms with van der Waals surface area (Å²) in [7, 11) is 0. The predicted molar refractivity (Wildman–Crippen MR) is 130 cm³/mol. The van der Waals surface area contributed by atoms with Crippen LogP contribution in [0.3, 0.4) is 0 Å². The molecule has 1 aliphatic heterocycles. The van der Waals surface area contributed by atoms with Crippen LogP contribution in [0.25, 0.3) is 10.9 Å². The first-order valence-electron chi connectivity index (χ1n) is 12.1. The van der Waals surface area contributed by atoms with E-state index < -0.39 is 0 Å². The molecule has 0 radical (unpaired) electrons. The third-order valence-corrected chi connectivity index (χ3v) is 7.02. The molecule has 0 bridgehead atoms. The number of fused-ring (bicyclic) bond motifs is 1. The molecule has 1 aromatic carbocycles. The third kappa shape index (κ3) is 4.51. The molecule has 2 fully saturated rings. The zero-order valence-electron chi connectivity index (χ0n) is 18.7. The first-order chi connectivity index (χ1) is 15.8. The average molecular weight is 432 g/mol. The maximum absolute atomic E-state index is 13.4. The van der Waals surface area contributed by atoms with Gasteiger partial charge in [0.25, 0.3) is 0 Å². The summed E-state index contributed by atoms with van der Waals surface area (Å²) in [4.78, 5) is 25.7. The quantitative estimate of drug-likeness (QED) is 0.609. The molecule has 6 heteroatoms. The molecule has 2 N–H and O–H groups in total. The number of benzene rings is 1. The van der Waals surface area contributed by atoms with Crippen molar-refractivity contribution >= 4 is 28.3 Å². The number of hydrogen-bond donors (Lipinski definition) is 2. The van der Waals surface area contributed by atoms with Gasteiger partial charge in [-0.05, 0) is 49.6 Å². The van der Waals surface area contributed by atoms with Gasteiger partial charge in [-0.15, -0.1) is 0 Å². The standard InChI is InChI=1S/C26H33N5O/c32-26(20-7-2-1-3-8-20)31(25-11-4-5-14-29-25)17-13-21-19-30(18-16-27-21)24-10-6-9-23-22(24)12-15-28-23/h4-6,9-12,14-15,20-21,27-28H,1-3,7-8,13,16-19H2. The van der Waals surface area contributed by atoms with E-state index in [0.29, 0.717) is 12.6 Å². The zero-order valence-corrected chi connectivity index (χ0v) is 18.7. The van der Waals surface area contributed by atoms with Gasteiger partial charge in [0.05, 0.1) is 0 Å². The van der Waals surface area contributed by atoms with Gasteiger partial charge in [-0.3, -0.25) is 9.69 Å². The monoisotopic (exact) mass is 431 g/mol. The number of nitrogens with zero attached hydrogens (tertiary/aromatic N) is 3. The molecule has 1 unspecified atom stereocenters. The van der Waals surface area contributed by atoms with Crippen molar-refractivity contribution in [3.05, 3.63) is 54.9 Å². The van der Waals surface area contributed by atoms with Crippen molar-refractivity contribution in [1.82, 2.24) is 15.3 Å². The maximum atomic E-state index is 13.4. The van der Waals surface area contributed by atoms with Gasteiger partial charge >= 0.3 is 0 Å². The highest BCUT2D eigenvalue weighted by Gasteiger charge is 2.29. The van der Waals surface area contributed by atoms with Crippen molar-refractivity contribution in [1.29, 1.82) is 0 Å². The highest BCUT2D eigenvalue weighted by molar-refractivity contribution is 5.94. The minimum Gasteiger partial charge on any atom is -0.368 e. The van der Waals surface area contributed by atoms with Crippen molar-refractivity contribution in [2.75, 3.05) is 36.0 Å². The van der Waals surface area contributed by atoms with Crippen LogP contribution in [0, 0.1) is 5.92 Å². The van der Waals surface area contributed by atoms with E-state index in [1.807, 2.05) is 29.3 Å². The summed E-state index contributed by atoms with van der Waals surface area (Å²) in [6.07, 6.45) is 10.3. The largest absolute Gasteiger partial charge is 0.368 e. The van der Waals surface area contributed by atoms with Gasteiger partial charge in [0.2, 0.25) is 5.91 Å². The minimum absolute atomic E-state index is 0.146. The summed E-state index contributed by atoms with van der Waals surface area (Å²) in [5.41, 5.74) is 2.46. The Balaban J connectivity index is 1.28. The fourth-order valence-corrected chi connectivity index (χ4v) is 5.29. The number of nitrogens with one attached hydrogen (secondary N) is 2. The Morgan fingerprint density at radius 2 is 2.00 bits per heavy atom. The molecule has 168 valence electrons. The van der Waals surface area contributed by atoms with E-state index in [1.54, 1.807) is 6.20 Å².